The molecule has 6 heteroatoms. The monoisotopic (exact) mass is 451 g/mol. The number of allylic oxidation sites excluding steroid dienone is 3. The molecule has 1 aromatic rings. The number of nitrogens with zero attached hydrogens (tertiary/aromatic N) is 2. The molecule has 0 bridgehead atoms. The fourth-order valence-electron chi connectivity index (χ4n) is 5.58. The molecule has 4 rings (SSSR count). The van der Waals surface area contributed by atoms with Crippen molar-refractivity contribution in [3.05, 3.63) is 59.3 Å². The van der Waals surface area contributed by atoms with Crippen LogP contribution in [0.15, 0.2) is 48.2 Å². The third kappa shape index (κ3) is 4.65. The fraction of sp³-hybridized carbons (Fsp3) is 0.519. The van der Waals surface area contributed by atoms with Crippen LogP contribution in [0.25, 0.3) is 6.08 Å². The van der Waals surface area contributed by atoms with Gasteiger partial charge in [0.15, 0.2) is 0 Å². The number of fused-ring (bicyclic) bond motifs is 1. The van der Waals surface area contributed by atoms with E-state index < -0.39 is 5.54 Å². The highest BCUT2D eigenvalue weighted by Crippen LogP contribution is 2.34. The van der Waals surface area contributed by atoms with Crippen molar-refractivity contribution in [3.8, 4) is 5.75 Å². The molecule has 1 aliphatic heterocycles. The summed E-state index contributed by atoms with van der Waals surface area (Å²) in [7, 11) is 0. The van der Waals surface area contributed by atoms with Crippen molar-refractivity contribution in [2.75, 3.05) is 26.2 Å². The first kappa shape index (κ1) is 23.7. The first-order chi connectivity index (χ1) is 15.6. The van der Waals surface area contributed by atoms with Gasteiger partial charge < -0.3 is 15.2 Å². The summed E-state index contributed by atoms with van der Waals surface area (Å²) in [5.74, 6) is 0.261. The average Bonchev–Trinajstić information content (AvgIpc) is 3.17. The van der Waals surface area contributed by atoms with Gasteiger partial charge in [-0.25, -0.2) is 0 Å². The molecule has 1 saturated heterocycles. The highest BCUT2D eigenvalue weighted by atomic mass is 16.5. The van der Waals surface area contributed by atoms with Gasteiger partial charge in [-0.3, -0.25) is 14.6 Å². The Morgan fingerprint density at radius 1 is 1.24 bits per heavy atom. The van der Waals surface area contributed by atoms with Crippen LogP contribution in [-0.4, -0.2) is 70.3 Å². The minimum Gasteiger partial charge on any atom is -0.508 e. The highest BCUT2D eigenvalue weighted by Gasteiger charge is 2.47. The number of nitrogens with one attached hydrogen (secondary N) is 1. The summed E-state index contributed by atoms with van der Waals surface area (Å²) < 4.78 is 5.98. The number of phenolic OH excluding ortho intramolecular Hbond substituents is 1. The van der Waals surface area contributed by atoms with Gasteiger partial charge in [0.1, 0.15) is 5.75 Å². The van der Waals surface area contributed by atoms with E-state index >= 15 is 0 Å². The van der Waals surface area contributed by atoms with Crippen LogP contribution in [-0.2, 0) is 16.0 Å². The van der Waals surface area contributed by atoms with Crippen LogP contribution in [0.1, 0.15) is 45.7 Å². The summed E-state index contributed by atoms with van der Waals surface area (Å²) in [5, 5.41) is 13.3. The third-order valence-electron chi connectivity index (χ3n) is 7.16. The lowest BCUT2D eigenvalue weighted by Gasteiger charge is -2.55. The molecule has 33 heavy (non-hydrogen) atoms. The largest absolute Gasteiger partial charge is 0.508 e. The molecule has 0 radical (unpaired) electrons. The van der Waals surface area contributed by atoms with E-state index in [0.717, 1.165) is 36.5 Å². The Morgan fingerprint density at radius 3 is 2.70 bits per heavy atom. The summed E-state index contributed by atoms with van der Waals surface area (Å²) in [4.78, 5) is 18.3. The Bertz CT molecular complexity index is 992. The molecular formula is C27H37N3O3. The van der Waals surface area contributed by atoms with E-state index in [1.54, 1.807) is 6.07 Å². The van der Waals surface area contributed by atoms with Crippen molar-refractivity contribution in [1.29, 1.82) is 0 Å². The van der Waals surface area contributed by atoms with E-state index in [9.17, 15) is 9.90 Å². The smallest absolute Gasteiger partial charge is 0.244 e. The number of ether oxygens (including phenoxy) is 1. The molecule has 178 valence electrons. The number of piperazine rings is 1. The number of phenols is 1. The molecule has 3 aliphatic rings. The lowest BCUT2D eigenvalue weighted by atomic mass is 9.88. The Balaban J connectivity index is 1.44. The number of amides is 1. The Labute approximate surface area is 197 Å². The maximum atomic E-state index is 13.5. The van der Waals surface area contributed by atoms with Crippen molar-refractivity contribution in [1.82, 2.24) is 15.1 Å². The van der Waals surface area contributed by atoms with Crippen molar-refractivity contribution in [2.24, 2.45) is 0 Å². The van der Waals surface area contributed by atoms with E-state index in [1.165, 1.54) is 0 Å². The normalized spacial score (nSPS) is 25.1. The van der Waals surface area contributed by atoms with Crippen molar-refractivity contribution in [2.45, 2.75) is 64.3 Å². The number of carbonyl (C=O) groups is 1. The van der Waals surface area contributed by atoms with Crippen molar-refractivity contribution >= 4 is 12.0 Å². The van der Waals surface area contributed by atoms with E-state index in [2.05, 4.69) is 53.3 Å². The Hall–Kier alpha value is -2.41. The fourth-order valence-corrected chi connectivity index (χ4v) is 5.58. The molecule has 1 fully saturated rings. The molecule has 2 N–H and O–H groups in total. The number of carbonyl (C=O) groups excluding carboxylic acids is 1. The number of aromatic hydroxyl groups is 1. The quantitative estimate of drug-likeness (QED) is 0.693. The lowest BCUT2D eigenvalue weighted by Crippen LogP contribution is -2.70. The van der Waals surface area contributed by atoms with Crippen LogP contribution < -0.4 is 5.32 Å². The molecule has 1 heterocycles. The highest BCUT2D eigenvalue weighted by molar-refractivity contribution is 5.88. The Kier molecular flexibility index (Phi) is 6.54. The zero-order valence-corrected chi connectivity index (χ0v) is 20.5. The van der Waals surface area contributed by atoms with Crippen LogP contribution in [0.3, 0.4) is 0 Å². The predicted octanol–water partition coefficient (Wildman–Crippen LogP) is 3.48. The van der Waals surface area contributed by atoms with Crippen LogP contribution in [0.2, 0.25) is 0 Å². The molecule has 1 amide bonds. The number of hydrogen-bond acceptors (Lipinski definition) is 5. The zero-order valence-electron chi connectivity index (χ0n) is 20.5. The summed E-state index contributed by atoms with van der Waals surface area (Å²) in [6.45, 7) is 13.7. The molecule has 2 unspecified atom stereocenters. The summed E-state index contributed by atoms with van der Waals surface area (Å²) in [6.07, 6.45) is 11.1. The zero-order chi connectivity index (χ0) is 23.8. The average molecular weight is 452 g/mol. The topological polar surface area (TPSA) is 65.0 Å². The molecule has 0 spiro atoms. The predicted molar refractivity (Wildman–Crippen MR) is 132 cm³/mol. The number of benzene rings is 1. The van der Waals surface area contributed by atoms with Gasteiger partial charge in [0, 0.05) is 49.5 Å². The second-order valence-electron chi connectivity index (χ2n) is 10.3. The summed E-state index contributed by atoms with van der Waals surface area (Å²) >= 11 is 0. The molecular weight excluding hydrogens is 414 g/mol. The second-order valence-corrected chi connectivity index (χ2v) is 10.3. The van der Waals surface area contributed by atoms with Gasteiger partial charge in [-0.05, 0) is 52.3 Å². The van der Waals surface area contributed by atoms with Crippen molar-refractivity contribution in [3.63, 3.8) is 0 Å². The van der Waals surface area contributed by atoms with Crippen LogP contribution in [0, 0.1) is 0 Å². The standard InChI is InChI=1S/C27H37N3O3/c1-6-33-24-13-8-7-11-22(24)29-14-15-30(26(2,3)18-29)27(4,5)25(32)28-20-16-19-10-9-12-23(31)21(19)17-20/h7-13,16,22,24,31H,6,14-15,17-18H2,1-5H3,(H,28,32). The molecule has 0 saturated carbocycles. The van der Waals surface area contributed by atoms with Crippen LogP contribution in [0.5, 0.6) is 5.75 Å². The van der Waals surface area contributed by atoms with Gasteiger partial charge in [-0.1, -0.05) is 36.4 Å². The summed E-state index contributed by atoms with van der Waals surface area (Å²) in [5.41, 5.74) is 1.79. The second kappa shape index (κ2) is 9.09. The number of rotatable bonds is 6. The maximum absolute atomic E-state index is 13.5. The SMILES string of the molecule is CCOC1C=CC=CC1N1CCN(C(C)(C)C(=O)NC2=Cc3cccc(O)c3C2)C(C)(C)C1. The Morgan fingerprint density at radius 2 is 2.00 bits per heavy atom. The molecule has 2 aliphatic carbocycles. The lowest BCUT2D eigenvalue weighted by molar-refractivity contribution is -0.140. The molecule has 0 aromatic heterocycles. The molecule has 1 aromatic carbocycles. The van der Waals surface area contributed by atoms with Gasteiger partial charge >= 0.3 is 0 Å². The van der Waals surface area contributed by atoms with E-state index in [4.69, 9.17) is 4.74 Å². The van der Waals surface area contributed by atoms with Crippen molar-refractivity contribution < 1.29 is 14.6 Å². The molecule has 6 nitrogen and oxygen atoms in total. The van der Waals surface area contributed by atoms with Gasteiger partial charge in [0.05, 0.1) is 17.7 Å². The van der Waals surface area contributed by atoms with E-state index in [1.807, 2.05) is 39.0 Å². The summed E-state index contributed by atoms with van der Waals surface area (Å²) in [6, 6.07) is 5.70. The first-order valence-corrected chi connectivity index (χ1v) is 11.9. The molecule has 2 atom stereocenters. The van der Waals surface area contributed by atoms with Gasteiger partial charge in [0.2, 0.25) is 5.91 Å². The maximum Gasteiger partial charge on any atom is 0.244 e. The van der Waals surface area contributed by atoms with Crippen LogP contribution in [0.4, 0.5) is 0 Å². The minimum absolute atomic E-state index is 0.0183. The van der Waals surface area contributed by atoms with E-state index in [0.29, 0.717) is 13.0 Å². The van der Waals surface area contributed by atoms with Gasteiger partial charge in [0.25, 0.3) is 0 Å². The minimum atomic E-state index is -0.686. The number of hydrogen-bond donors (Lipinski definition) is 2. The van der Waals surface area contributed by atoms with Crippen LogP contribution >= 0.6 is 0 Å². The van der Waals surface area contributed by atoms with Gasteiger partial charge in [-0.2, -0.15) is 0 Å². The van der Waals surface area contributed by atoms with Gasteiger partial charge in [-0.15, -0.1) is 0 Å². The third-order valence-corrected chi connectivity index (χ3v) is 7.16. The van der Waals surface area contributed by atoms with E-state index in [-0.39, 0.29) is 29.3 Å². The first-order valence-electron chi connectivity index (χ1n) is 11.9.